The van der Waals surface area contributed by atoms with Crippen molar-refractivity contribution in [3.8, 4) is 0 Å². The van der Waals surface area contributed by atoms with Crippen molar-refractivity contribution in [2.24, 2.45) is 0 Å². The Morgan fingerprint density at radius 2 is 1.90 bits per heavy atom. The van der Waals surface area contributed by atoms with Crippen LogP contribution in [-0.2, 0) is 4.79 Å². The molecule has 0 saturated heterocycles. The molecule has 1 aliphatic rings. The molecule has 0 bridgehead atoms. The second-order valence-corrected chi connectivity index (χ2v) is 9.50. The van der Waals surface area contributed by atoms with Gasteiger partial charge in [-0.2, -0.15) is 0 Å². The van der Waals surface area contributed by atoms with Crippen molar-refractivity contribution < 1.29 is 9.59 Å². The van der Waals surface area contributed by atoms with Crippen LogP contribution in [0.1, 0.15) is 42.5 Å². The van der Waals surface area contributed by atoms with E-state index in [2.05, 4.69) is 21.2 Å². The molecule has 0 radical (unpaired) electrons. The summed E-state index contributed by atoms with van der Waals surface area (Å²) < 4.78 is 0.844. The number of rotatable bonds is 6. The Labute approximate surface area is 189 Å². The van der Waals surface area contributed by atoms with Gasteiger partial charge in [0.2, 0.25) is 5.91 Å². The van der Waals surface area contributed by atoms with Crippen LogP contribution in [0.25, 0.3) is 0 Å². The van der Waals surface area contributed by atoms with Crippen molar-refractivity contribution in [3.63, 3.8) is 0 Å². The number of hydrogen-bond donors (Lipinski definition) is 1. The molecule has 4 nitrogen and oxygen atoms in total. The van der Waals surface area contributed by atoms with Crippen LogP contribution in [0.5, 0.6) is 0 Å². The van der Waals surface area contributed by atoms with Gasteiger partial charge in [-0.15, -0.1) is 11.8 Å². The van der Waals surface area contributed by atoms with Gasteiger partial charge in [0, 0.05) is 22.5 Å². The number of carbonyl (C=O) groups is 2. The molecule has 7 heteroatoms. The number of nitrogens with one attached hydrogen (secondary N) is 1. The van der Waals surface area contributed by atoms with Gasteiger partial charge in [0.1, 0.15) is 0 Å². The molecule has 0 aliphatic heterocycles. The summed E-state index contributed by atoms with van der Waals surface area (Å²) in [5.74, 6) is 0.176. The Balaban J connectivity index is 1.65. The molecule has 1 aliphatic carbocycles. The van der Waals surface area contributed by atoms with Crippen molar-refractivity contribution in [3.05, 3.63) is 57.5 Å². The van der Waals surface area contributed by atoms with Crippen LogP contribution in [0.3, 0.4) is 0 Å². The van der Waals surface area contributed by atoms with E-state index in [0.717, 1.165) is 22.2 Å². The van der Waals surface area contributed by atoms with Gasteiger partial charge in [0.15, 0.2) is 0 Å². The molecule has 2 aromatic carbocycles. The standard InChI is InChI=1S/C22H24BrClN2O2S/c1-26(16-7-3-2-4-8-16)21(27)14-29-20-10-6-5-9-17(20)22(28)25-19-12-11-15(23)13-18(19)24/h5-6,9-13,16H,2-4,7-8,14H2,1H3,(H,25,28). The third-order valence-electron chi connectivity index (χ3n) is 5.18. The Kier molecular flexibility index (Phi) is 8.04. The fourth-order valence-electron chi connectivity index (χ4n) is 3.47. The molecule has 0 spiro atoms. The number of thioether (sulfide) groups is 1. The van der Waals surface area contributed by atoms with E-state index in [9.17, 15) is 9.59 Å². The third-order valence-corrected chi connectivity index (χ3v) is 7.04. The zero-order valence-corrected chi connectivity index (χ0v) is 19.4. The smallest absolute Gasteiger partial charge is 0.256 e. The van der Waals surface area contributed by atoms with Crippen molar-refractivity contribution in [2.75, 3.05) is 18.1 Å². The Hall–Kier alpha value is -1.50. The Bertz CT molecular complexity index is 887. The van der Waals surface area contributed by atoms with E-state index in [-0.39, 0.29) is 11.8 Å². The van der Waals surface area contributed by atoms with E-state index in [1.54, 1.807) is 18.2 Å². The minimum atomic E-state index is -0.245. The lowest BCUT2D eigenvalue weighted by atomic mass is 9.94. The summed E-state index contributed by atoms with van der Waals surface area (Å²) >= 11 is 11.0. The lowest BCUT2D eigenvalue weighted by Crippen LogP contribution is -2.39. The van der Waals surface area contributed by atoms with Crippen LogP contribution in [0.4, 0.5) is 5.69 Å². The fraction of sp³-hybridized carbons (Fsp3) is 0.364. The minimum absolute atomic E-state index is 0.105. The van der Waals surface area contributed by atoms with Crippen molar-refractivity contribution >= 4 is 56.8 Å². The van der Waals surface area contributed by atoms with Gasteiger partial charge in [0.05, 0.1) is 22.0 Å². The molecule has 2 aromatic rings. The van der Waals surface area contributed by atoms with Gasteiger partial charge in [-0.1, -0.05) is 58.9 Å². The second-order valence-electron chi connectivity index (χ2n) is 7.16. The van der Waals surface area contributed by atoms with Gasteiger partial charge in [-0.3, -0.25) is 9.59 Å². The second kappa shape index (κ2) is 10.5. The van der Waals surface area contributed by atoms with E-state index in [4.69, 9.17) is 11.6 Å². The molecule has 154 valence electrons. The monoisotopic (exact) mass is 494 g/mol. The molecule has 1 saturated carbocycles. The van der Waals surface area contributed by atoms with Crippen molar-refractivity contribution in [1.82, 2.24) is 4.90 Å². The molecule has 3 rings (SSSR count). The number of amides is 2. The van der Waals surface area contributed by atoms with Crippen LogP contribution in [0.15, 0.2) is 51.8 Å². The van der Waals surface area contributed by atoms with E-state index in [1.165, 1.54) is 31.0 Å². The number of anilines is 1. The third kappa shape index (κ3) is 6.00. The summed E-state index contributed by atoms with van der Waals surface area (Å²) in [6, 6.07) is 13.0. The minimum Gasteiger partial charge on any atom is -0.342 e. The van der Waals surface area contributed by atoms with Gasteiger partial charge in [0.25, 0.3) is 5.91 Å². The highest BCUT2D eigenvalue weighted by Gasteiger charge is 2.22. The van der Waals surface area contributed by atoms with Crippen molar-refractivity contribution in [1.29, 1.82) is 0 Å². The number of hydrogen-bond acceptors (Lipinski definition) is 3. The van der Waals surface area contributed by atoms with Crippen LogP contribution in [0, 0.1) is 0 Å². The highest BCUT2D eigenvalue weighted by molar-refractivity contribution is 9.10. The quantitative estimate of drug-likeness (QED) is 0.483. The topological polar surface area (TPSA) is 49.4 Å². The van der Waals surface area contributed by atoms with Crippen LogP contribution < -0.4 is 5.32 Å². The first-order valence-corrected chi connectivity index (χ1v) is 11.9. The molecule has 0 atom stereocenters. The SMILES string of the molecule is CN(C(=O)CSc1ccccc1C(=O)Nc1ccc(Br)cc1Cl)C1CCCCC1. The molecule has 0 heterocycles. The molecule has 1 N–H and O–H groups in total. The summed E-state index contributed by atoms with van der Waals surface area (Å²) in [4.78, 5) is 28.1. The van der Waals surface area contributed by atoms with Crippen LogP contribution in [-0.4, -0.2) is 35.6 Å². The maximum Gasteiger partial charge on any atom is 0.256 e. The molecule has 1 fully saturated rings. The zero-order chi connectivity index (χ0) is 20.8. The molecule has 0 aromatic heterocycles. The lowest BCUT2D eigenvalue weighted by molar-refractivity contribution is -0.129. The summed E-state index contributed by atoms with van der Waals surface area (Å²) in [6.07, 6.45) is 5.81. The molecule has 29 heavy (non-hydrogen) atoms. The van der Waals surface area contributed by atoms with E-state index < -0.39 is 0 Å². The molecule has 2 amide bonds. The summed E-state index contributed by atoms with van der Waals surface area (Å²) in [5.41, 5.74) is 1.08. The number of benzene rings is 2. The summed E-state index contributed by atoms with van der Waals surface area (Å²) in [6.45, 7) is 0. The maximum absolute atomic E-state index is 12.8. The summed E-state index contributed by atoms with van der Waals surface area (Å²) in [5, 5.41) is 3.32. The van der Waals surface area contributed by atoms with E-state index >= 15 is 0 Å². The Morgan fingerprint density at radius 1 is 1.17 bits per heavy atom. The van der Waals surface area contributed by atoms with E-state index in [0.29, 0.717) is 28.1 Å². The zero-order valence-electron chi connectivity index (χ0n) is 16.3. The van der Waals surface area contributed by atoms with Crippen molar-refractivity contribution in [2.45, 2.75) is 43.0 Å². The highest BCUT2D eigenvalue weighted by atomic mass is 79.9. The molecular weight excluding hydrogens is 472 g/mol. The number of carbonyl (C=O) groups excluding carboxylic acids is 2. The first kappa shape index (κ1) is 22.2. The maximum atomic E-state index is 12.8. The van der Waals surface area contributed by atoms with Crippen LogP contribution in [0.2, 0.25) is 5.02 Å². The van der Waals surface area contributed by atoms with Gasteiger partial charge >= 0.3 is 0 Å². The predicted octanol–water partition coefficient (Wildman–Crippen LogP) is 6.24. The Morgan fingerprint density at radius 3 is 2.62 bits per heavy atom. The van der Waals surface area contributed by atoms with E-state index in [1.807, 2.05) is 36.2 Å². The highest BCUT2D eigenvalue weighted by Crippen LogP contribution is 2.29. The number of halogens is 2. The first-order chi connectivity index (χ1) is 14.0. The fourth-order valence-corrected chi connectivity index (χ4v) is 5.17. The first-order valence-electron chi connectivity index (χ1n) is 9.69. The molecule has 0 unspecified atom stereocenters. The number of nitrogens with zero attached hydrogens (tertiary/aromatic N) is 1. The average molecular weight is 496 g/mol. The summed E-state index contributed by atoms with van der Waals surface area (Å²) in [7, 11) is 1.90. The molecular formula is C22H24BrClN2O2S. The normalized spacial score (nSPS) is 14.4. The van der Waals surface area contributed by atoms with Gasteiger partial charge < -0.3 is 10.2 Å². The predicted molar refractivity (Wildman–Crippen MR) is 124 cm³/mol. The van der Waals surface area contributed by atoms with Gasteiger partial charge in [-0.25, -0.2) is 0 Å². The average Bonchev–Trinajstić information content (AvgIpc) is 2.74. The lowest BCUT2D eigenvalue weighted by Gasteiger charge is -2.31. The van der Waals surface area contributed by atoms with Crippen LogP contribution >= 0.6 is 39.3 Å². The van der Waals surface area contributed by atoms with Gasteiger partial charge in [-0.05, 0) is 43.2 Å². The largest absolute Gasteiger partial charge is 0.342 e.